The molecule has 1 amide bonds. The van der Waals surface area contributed by atoms with Crippen molar-refractivity contribution in [3.63, 3.8) is 0 Å². The van der Waals surface area contributed by atoms with Crippen molar-refractivity contribution >= 4 is 18.5 Å². The number of carbonyl (C=O) groups excluding carboxylic acids is 1. The number of aromatic nitrogens is 1. The van der Waals surface area contributed by atoms with Gasteiger partial charge in [-0.3, -0.25) is 14.7 Å². The summed E-state index contributed by atoms with van der Waals surface area (Å²) >= 11 is 4.16. The van der Waals surface area contributed by atoms with E-state index in [1.807, 2.05) is 12.3 Å². The molecule has 0 saturated carbocycles. The van der Waals surface area contributed by atoms with Crippen LogP contribution in [0.2, 0.25) is 0 Å². The molecule has 1 aliphatic rings. The smallest absolute Gasteiger partial charge is 0.235 e. The molecule has 110 valence electrons. The molecule has 2 rings (SSSR count). The molecule has 1 fully saturated rings. The van der Waals surface area contributed by atoms with E-state index < -0.39 is 0 Å². The number of carbonyl (C=O) groups is 1. The van der Waals surface area contributed by atoms with Gasteiger partial charge in [-0.05, 0) is 37.6 Å². The first-order valence-corrected chi connectivity index (χ1v) is 7.50. The molecule has 1 aromatic rings. The van der Waals surface area contributed by atoms with Gasteiger partial charge in [0.25, 0.3) is 0 Å². The first-order chi connectivity index (χ1) is 9.63. The van der Waals surface area contributed by atoms with Crippen molar-refractivity contribution in [1.29, 1.82) is 0 Å². The average molecular weight is 294 g/mol. The van der Waals surface area contributed by atoms with Crippen molar-refractivity contribution in [2.75, 3.05) is 25.9 Å². The maximum atomic E-state index is 11.2. The van der Waals surface area contributed by atoms with Crippen LogP contribution >= 0.6 is 12.6 Å². The first-order valence-electron chi connectivity index (χ1n) is 6.87. The fourth-order valence-corrected chi connectivity index (χ4v) is 3.18. The van der Waals surface area contributed by atoms with Gasteiger partial charge in [0.2, 0.25) is 5.91 Å². The Morgan fingerprint density at radius 2 is 2.50 bits per heavy atom. The lowest BCUT2D eigenvalue weighted by Gasteiger charge is -2.26. The van der Waals surface area contributed by atoms with Gasteiger partial charge in [-0.2, -0.15) is 12.6 Å². The van der Waals surface area contributed by atoms with E-state index in [1.54, 1.807) is 6.20 Å². The van der Waals surface area contributed by atoms with Crippen LogP contribution in [-0.4, -0.2) is 47.7 Å². The van der Waals surface area contributed by atoms with Crippen molar-refractivity contribution in [1.82, 2.24) is 15.2 Å². The highest BCUT2D eigenvalue weighted by molar-refractivity contribution is 7.80. The number of likely N-dealkylation sites (tertiary alicyclic amines) is 1. The molecule has 0 spiro atoms. The summed E-state index contributed by atoms with van der Waals surface area (Å²) in [6.07, 6.45) is 4.81. The number of rotatable bonds is 6. The van der Waals surface area contributed by atoms with Crippen LogP contribution in [0.15, 0.2) is 24.5 Å². The van der Waals surface area contributed by atoms with Gasteiger partial charge in [0.05, 0.1) is 6.04 Å². The molecule has 2 unspecified atom stereocenters. The fraction of sp³-hybridized carbons (Fsp3) is 0.571. The van der Waals surface area contributed by atoms with Crippen molar-refractivity contribution in [2.45, 2.75) is 18.5 Å². The lowest BCUT2D eigenvalue weighted by Crippen LogP contribution is -2.45. The Hall–Kier alpha value is -1.11. The fourth-order valence-electron chi connectivity index (χ4n) is 2.87. The summed E-state index contributed by atoms with van der Waals surface area (Å²) in [7, 11) is 2.13. The van der Waals surface area contributed by atoms with Crippen LogP contribution in [-0.2, 0) is 4.79 Å². The predicted molar refractivity (Wildman–Crippen MR) is 82.6 cm³/mol. The zero-order chi connectivity index (χ0) is 14.5. The second-order valence-corrected chi connectivity index (χ2v) is 5.67. The Kier molecular flexibility index (Phi) is 5.39. The summed E-state index contributed by atoms with van der Waals surface area (Å²) in [5.74, 6) is 0.533. The van der Waals surface area contributed by atoms with Crippen LogP contribution in [0.5, 0.6) is 0 Å². The third-order valence-corrected chi connectivity index (χ3v) is 4.32. The lowest BCUT2D eigenvalue weighted by atomic mass is 9.94. The SMILES string of the molecule is CN1CCC(CNC(CS)C(N)=O)[C@H]1c1cccnc1. The second-order valence-electron chi connectivity index (χ2n) is 5.31. The first kappa shape index (κ1) is 15.3. The predicted octanol–water partition coefficient (Wildman–Crippen LogP) is 0.448. The monoisotopic (exact) mass is 294 g/mol. The van der Waals surface area contributed by atoms with Gasteiger partial charge in [0.15, 0.2) is 0 Å². The minimum Gasteiger partial charge on any atom is -0.368 e. The molecule has 3 N–H and O–H groups in total. The van der Waals surface area contributed by atoms with Gasteiger partial charge >= 0.3 is 0 Å². The highest BCUT2D eigenvalue weighted by Gasteiger charge is 2.33. The average Bonchev–Trinajstić information content (AvgIpc) is 2.81. The summed E-state index contributed by atoms with van der Waals surface area (Å²) in [4.78, 5) is 17.8. The van der Waals surface area contributed by atoms with Gasteiger partial charge in [0, 0.05) is 30.7 Å². The van der Waals surface area contributed by atoms with Crippen LogP contribution in [0.25, 0.3) is 0 Å². The molecule has 6 heteroatoms. The Bertz CT molecular complexity index is 442. The molecule has 0 aliphatic carbocycles. The maximum absolute atomic E-state index is 11.2. The summed E-state index contributed by atoms with van der Waals surface area (Å²) in [5.41, 5.74) is 6.56. The zero-order valence-electron chi connectivity index (χ0n) is 11.7. The molecule has 1 saturated heterocycles. The molecule has 3 atom stereocenters. The Balaban J connectivity index is 2.02. The van der Waals surface area contributed by atoms with Crippen LogP contribution < -0.4 is 11.1 Å². The number of primary amides is 1. The lowest BCUT2D eigenvalue weighted by molar-refractivity contribution is -0.119. The van der Waals surface area contributed by atoms with Crippen molar-refractivity contribution in [2.24, 2.45) is 11.7 Å². The molecule has 0 aromatic carbocycles. The summed E-state index contributed by atoms with van der Waals surface area (Å²) in [5, 5.41) is 3.23. The van der Waals surface area contributed by atoms with Crippen LogP contribution in [0.3, 0.4) is 0 Å². The van der Waals surface area contributed by atoms with Crippen molar-refractivity contribution in [3.05, 3.63) is 30.1 Å². The van der Waals surface area contributed by atoms with Crippen molar-refractivity contribution < 1.29 is 4.79 Å². The topological polar surface area (TPSA) is 71.2 Å². The number of nitrogens with zero attached hydrogens (tertiary/aromatic N) is 2. The maximum Gasteiger partial charge on any atom is 0.235 e. The molecule has 1 aromatic heterocycles. The van der Waals surface area contributed by atoms with Crippen LogP contribution in [0, 0.1) is 5.92 Å². The van der Waals surface area contributed by atoms with E-state index in [-0.39, 0.29) is 11.9 Å². The quantitative estimate of drug-likeness (QED) is 0.666. The molecule has 5 nitrogen and oxygen atoms in total. The standard InChI is InChI=1S/C14H22N4OS/c1-18-6-4-11(8-17-12(9-20)14(15)19)13(18)10-3-2-5-16-7-10/h2-3,5,7,11-13,17,20H,4,6,8-9H2,1H3,(H2,15,19)/t11?,12?,13-/m1/s1. The van der Waals surface area contributed by atoms with E-state index >= 15 is 0 Å². The molecular formula is C14H22N4OS. The molecule has 1 aliphatic heterocycles. The number of hydrogen-bond acceptors (Lipinski definition) is 5. The third-order valence-electron chi connectivity index (χ3n) is 3.95. The Morgan fingerprint density at radius 3 is 3.10 bits per heavy atom. The third kappa shape index (κ3) is 3.50. The number of thiol groups is 1. The van der Waals surface area contributed by atoms with E-state index in [1.165, 1.54) is 5.56 Å². The molecule has 0 bridgehead atoms. The van der Waals surface area contributed by atoms with Gasteiger partial charge < -0.3 is 11.1 Å². The highest BCUT2D eigenvalue weighted by atomic mass is 32.1. The second kappa shape index (κ2) is 7.06. The van der Waals surface area contributed by atoms with Gasteiger partial charge in [-0.15, -0.1) is 0 Å². The van der Waals surface area contributed by atoms with Gasteiger partial charge in [0.1, 0.15) is 0 Å². The number of amides is 1. The Labute approximate surface area is 125 Å². The summed E-state index contributed by atoms with van der Waals surface area (Å²) in [6.45, 7) is 1.81. The number of nitrogens with two attached hydrogens (primary N) is 1. The molecular weight excluding hydrogens is 272 g/mol. The zero-order valence-corrected chi connectivity index (χ0v) is 12.6. The summed E-state index contributed by atoms with van der Waals surface area (Å²) < 4.78 is 0. The number of hydrogen-bond donors (Lipinski definition) is 3. The van der Waals surface area contributed by atoms with E-state index in [0.717, 1.165) is 19.5 Å². The van der Waals surface area contributed by atoms with E-state index in [2.05, 4.69) is 40.9 Å². The largest absolute Gasteiger partial charge is 0.368 e. The minimum absolute atomic E-state index is 0.338. The molecule has 2 heterocycles. The number of nitrogens with one attached hydrogen (secondary N) is 1. The van der Waals surface area contributed by atoms with Gasteiger partial charge in [-0.1, -0.05) is 6.07 Å². The number of pyridine rings is 1. The molecule has 0 radical (unpaired) electrons. The Morgan fingerprint density at radius 1 is 1.70 bits per heavy atom. The molecule has 20 heavy (non-hydrogen) atoms. The van der Waals surface area contributed by atoms with E-state index in [9.17, 15) is 4.79 Å². The van der Waals surface area contributed by atoms with E-state index in [4.69, 9.17) is 5.73 Å². The van der Waals surface area contributed by atoms with Crippen LogP contribution in [0.1, 0.15) is 18.0 Å². The highest BCUT2D eigenvalue weighted by Crippen LogP contribution is 2.35. The summed E-state index contributed by atoms with van der Waals surface area (Å²) in [6, 6.07) is 4.05. The normalized spacial score (nSPS) is 24.7. The van der Waals surface area contributed by atoms with Gasteiger partial charge in [-0.25, -0.2) is 0 Å². The van der Waals surface area contributed by atoms with Crippen molar-refractivity contribution in [3.8, 4) is 0 Å². The van der Waals surface area contributed by atoms with E-state index in [0.29, 0.717) is 17.7 Å². The minimum atomic E-state index is -0.362. The van der Waals surface area contributed by atoms with Crippen LogP contribution in [0.4, 0.5) is 0 Å².